The molecule has 0 bridgehead atoms. The lowest BCUT2D eigenvalue weighted by Gasteiger charge is -2.32. The fraction of sp³-hybridized carbons (Fsp3) is 0.500. The van der Waals surface area contributed by atoms with Gasteiger partial charge in [0.15, 0.2) is 11.5 Å². The van der Waals surface area contributed by atoms with E-state index in [9.17, 15) is 4.79 Å². The predicted molar refractivity (Wildman–Crippen MR) is 92.2 cm³/mol. The van der Waals surface area contributed by atoms with Crippen LogP contribution in [0.15, 0.2) is 30.4 Å². The highest BCUT2D eigenvalue weighted by Gasteiger charge is 2.20. The van der Waals surface area contributed by atoms with Gasteiger partial charge in [0, 0.05) is 32.2 Å². The number of rotatable bonds is 5. The molecule has 0 radical (unpaired) electrons. The van der Waals surface area contributed by atoms with Gasteiger partial charge < -0.3 is 20.1 Å². The van der Waals surface area contributed by atoms with Gasteiger partial charge in [-0.1, -0.05) is 18.2 Å². The number of fused-ring (bicyclic) bond motifs is 1. The summed E-state index contributed by atoms with van der Waals surface area (Å²) in [5.41, 5.74) is 2.17. The number of nitrogens with zero attached hydrogens (tertiary/aromatic N) is 1. The van der Waals surface area contributed by atoms with E-state index in [4.69, 9.17) is 9.47 Å². The van der Waals surface area contributed by atoms with Crippen LogP contribution in [0.2, 0.25) is 0 Å². The number of piperidine rings is 1. The van der Waals surface area contributed by atoms with E-state index in [1.54, 1.807) is 0 Å². The Labute approximate surface area is 142 Å². The van der Waals surface area contributed by atoms with Gasteiger partial charge in [0.25, 0.3) is 0 Å². The Hall–Kier alpha value is -2.21. The minimum absolute atomic E-state index is 0.119. The molecule has 0 unspecified atom stereocenters. The van der Waals surface area contributed by atoms with Crippen LogP contribution in [0.4, 0.5) is 4.79 Å². The number of hydrogen-bond donors (Lipinski definition) is 2. The van der Waals surface area contributed by atoms with E-state index < -0.39 is 0 Å². The number of likely N-dealkylation sites (tertiary alicyclic amines) is 1. The molecule has 0 saturated carbocycles. The van der Waals surface area contributed by atoms with Crippen LogP contribution < -0.4 is 20.1 Å². The van der Waals surface area contributed by atoms with Crippen LogP contribution in [-0.4, -0.2) is 43.4 Å². The van der Waals surface area contributed by atoms with Crippen LogP contribution in [0, 0.1) is 0 Å². The zero-order valence-electron chi connectivity index (χ0n) is 14.1. The summed E-state index contributed by atoms with van der Waals surface area (Å²) in [4.78, 5) is 14.5. The fourth-order valence-corrected chi connectivity index (χ4v) is 3.09. The highest BCUT2D eigenvalue weighted by Crippen LogP contribution is 2.32. The third-order valence-corrected chi connectivity index (χ3v) is 4.31. The monoisotopic (exact) mass is 331 g/mol. The van der Waals surface area contributed by atoms with Gasteiger partial charge in [-0.25, -0.2) is 4.79 Å². The van der Waals surface area contributed by atoms with Crippen molar-refractivity contribution >= 4 is 6.03 Å². The third-order valence-electron chi connectivity index (χ3n) is 4.31. The molecule has 24 heavy (non-hydrogen) atoms. The second-order valence-corrected chi connectivity index (χ2v) is 6.52. The average molecular weight is 331 g/mol. The van der Waals surface area contributed by atoms with Crippen LogP contribution in [0.1, 0.15) is 25.3 Å². The maximum absolute atomic E-state index is 12.1. The normalized spacial score (nSPS) is 17.5. The number of carbonyl (C=O) groups excluding carboxylic acids is 1. The summed E-state index contributed by atoms with van der Waals surface area (Å²) in [7, 11) is 0. The number of ether oxygens (including phenoxy) is 2. The number of benzene rings is 1. The topological polar surface area (TPSA) is 62.8 Å². The summed E-state index contributed by atoms with van der Waals surface area (Å²) in [5, 5.41) is 5.97. The smallest absolute Gasteiger partial charge is 0.315 e. The van der Waals surface area contributed by atoms with E-state index in [1.807, 2.05) is 25.1 Å². The Morgan fingerprint density at radius 2 is 2.04 bits per heavy atom. The summed E-state index contributed by atoms with van der Waals surface area (Å²) in [6.45, 7) is 9.68. The number of carbonyl (C=O) groups is 1. The molecular formula is C18H25N3O3. The molecule has 0 spiro atoms. The second-order valence-electron chi connectivity index (χ2n) is 6.52. The van der Waals surface area contributed by atoms with Gasteiger partial charge >= 0.3 is 6.03 Å². The zero-order chi connectivity index (χ0) is 16.9. The quantitative estimate of drug-likeness (QED) is 0.813. The minimum atomic E-state index is -0.119. The molecule has 3 rings (SSSR count). The van der Waals surface area contributed by atoms with E-state index in [1.165, 1.54) is 5.57 Å². The van der Waals surface area contributed by atoms with Crippen LogP contribution in [0.3, 0.4) is 0 Å². The average Bonchev–Trinajstić information content (AvgIpc) is 3.02. The first kappa shape index (κ1) is 16.6. The molecule has 2 amide bonds. The van der Waals surface area contributed by atoms with Crippen LogP contribution in [-0.2, 0) is 6.54 Å². The molecular weight excluding hydrogens is 306 g/mol. The lowest BCUT2D eigenvalue weighted by atomic mass is 10.0. The summed E-state index contributed by atoms with van der Waals surface area (Å²) >= 11 is 0. The van der Waals surface area contributed by atoms with Gasteiger partial charge in [0.1, 0.15) is 0 Å². The number of amides is 2. The molecule has 130 valence electrons. The molecule has 6 heteroatoms. The number of nitrogens with one attached hydrogen (secondary N) is 2. The summed E-state index contributed by atoms with van der Waals surface area (Å²) in [6.07, 6.45) is 1.95. The van der Waals surface area contributed by atoms with Gasteiger partial charge in [-0.05, 0) is 37.5 Å². The first-order valence-electron chi connectivity index (χ1n) is 8.40. The highest BCUT2D eigenvalue weighted by molar-refractivity contribution is 5.74. The van der Waals surface area contributed by atoms with Crippen molar-refractivity contribution in [3.8, 4) is 11.5 Å². The second kappa shape index (κ2) is 7.57. The molecule has 2 N–H and O–H groups in total. The van der Waals surface area contributed by atoms with Crippen molar-refractivity contribution in [2.45, 2.75) is 32.4 Å². The largest absolute Gasteiger partial charge is 0.454 e. The molecule has 1 fully saturated rings. The lowest BCUT2D eigenvalue weighted by Crippen LogP contribution is -2.47. The maximum atomic E-state index is 12.1. The summed E-state index contributed by atoms with van der Waals surface area (Å²) in [6, 6.07) is 5.83. The van der Waals surface area contributed by atoms with E-state index in [0.717, 1.165) is 49.5 Å². The summed E-state index contributed by atoms with van der Waals surface area (Å²) in [5.74, 6) is 1.49. The van der Waals surface area contributed by atoms with Crippen molar-refractivity contribution in [1.29, 1.82) is 0 Å². The van der Waals surface area contributed by atoms with Gasteiger partial charge in [0.2, 0.25) is 6.79 Å². The third kappa shape index (κ3) is 4.41. The Morgan fingerprint density at radius 1 is 1.29 bits per heavy atom. The van der Waals surface area contributed by atoms with Crippen LogP contribution in [0.25, 0.3) is 0 Å². The molecule has 2 aliphatic heterocycles. The minimum Gasteiger partial charge on any atom is -0.454 e. The van der Waals surface area contributed by atoms with Crippen molar-refractivity contribution in [3.05, 3.63) is 35.9 Å². The molecule has 1 saturated heterocycles. The standard InChI is InChI=1S/C18H25N3O3/c1-13(2)11-21-7-5-15(6-8-21)20-18(22)19-10-14-3-4-16-17(9-14)24-12-23-16/h3-4,9,15H,1,5-8,10-12H2,2H3,(H2,19,20,22). The zero-order valence-corrected chi connectivity index (χ0v) is 14.1. The first-order valence-corrected chi connectivity index (χ1v) is 8.40. The molecule has 0 aliphatic carbocycles. The maximum Gasteiger partial charge on any atom is 0.315 e. The summed E-state index contributed by atoms with van der Waals surface area (Å²) < 4.78 is 10.6. The molecule has 2 aliphatic rings. The van der Waals surface area contributed by atoms with Gasteiger partial charge in [-0.2, -0.15) is 0 Å². The number of urea groups is 1. The molecule has 1 aromatic carbocycles. The molecule has 2 heterocycles. The Bertz CT molecular complexity index is 610. The van der Waals surface area contributed by atoms with Crippen molar-refractivity contribution in [2.75, 3.05) is 26.4 Å². The van der Waals surface area contributed by atoms with E-state index in [-0.39, 0.29) is 18.9 Å². The van der Waals surface area contributed by atoms with Gasteiger partial charge in [-0.15, -0.1) is 0 Å². The van der Waals surface area contributed by atoms with E-state index in [2.05, 4.69) is 22.1 Å². The van der Waals surface area contributed by atoms with Gasteiger partial charge in [-0.3, -0.25) is 4.90 Å². The van der Waals surface area contributed by atoms with Crippen molar-refractivity contribution in [1.82, 2.24) is 15.5 Å². The van der Waals surface area contributed by atoms with Crippen molar-refractivity contribution in [2.24, 2.45) is 0 Å². The van der Waals surface area contributed by atoms with Crippen LogP contribution in [0.5, 0.6) is 11.5 Å². The molecule has 1 aromatic rings. The van der Waals surface area contributed by atoms with E-state index >= 15 is 0 Å². The van der Waals surface area contributed by atoms with E-state index in [0.29, 0.717) is 6.54 Å². The lowest BCUT2D eigenvalue weighted by molar-refractivity contribution is 0.174. The fourth-order valence-electron chi connectivity index (χ4n) is 3.09. The Morgan fingerprint density at radius 3 is 2.79 bits per heavy atom. The van der Waals surface area contributed by atoms with Crippen LogP contribution >= 0.6 is 0 Å². The molecule has 0 aromatic heterocycles. The molecule has 0 atom stereocenters. The van der Waals surface area contributed by atoms with Crippen molar-refractivity contribution in [3.63, 3.8) is 0 Å². The Balaban J connectivity index is 1.39. The van der Waals surface area contributed by atoms with Crippen molar-refractivity contribution < 1.29 is 14.3 Å². The predicted octanol–water partition coefficient (Wildman–Crippen LogP) is 2.25. The SMILES string of the molecule is C=C(C)CN1CCC(NC(=O)NCc2ccc3c(c2)OCO3)CC1. The number of hydrogen-bond acceptors (Lipinski definition) is 4. The highest BCUT2D eigenvalue weighted by atomic mass is 16.7. The Kier molecular flexibility index (Phi) is 5.25. The van der Waals surface area contributed by atoms with Gasteiger partial charge in [0.05, 0.1) is 0 Å². The molecule has 6 nitrogen and oxygen atoms in total. The first-order chi connectivity index (χ1) is 11.6.